The van der Waals surface area contributed by atoms with Gasteiger partial charge in [0, 0.05) is 29.9 Å². The molecule has 0 aliphatic rings. The lowest BCUT2D eigenvalue weighted by Crippen LogP contribution is -2.13. The lowest BCUT2D eigenvalue weighted by atomic mass is 10.1. The number of benzene rings is 1. The highest BCUT2D eigenvalue weighted by atomic mass is 19.1. The maximum absolute atomic E-state index is 13.3. The van der Waals surface area contributed by atoms with Crippen molar-refractivity contribution < 1.29 is 14.1 Å². The summed E-state index contributed by atoms with van der Waals surface area (Å²) in [5.74, 6) is -0.592. The Kier molecular flexibility index (Phi) is 4.44. The summed E-state index contributed by atoms with van der Waals surface area (Å²) in [5.41, 5.74) is 0.406. The summed E-state index contributed by atoms with van der Waals surface area (Å²) in [5, 5.41) is 14.0. The average Bonchev–Trinajstić information content (AvgIpc) is 2.47. The van der Waals surface area contributed by atoms with Gasteiger partial charge in [-0.1, -0.05) is 6.07 Å². The van der Waals surface area contributed by atoms with E-state index in [2.05, 4.69) is 10.3 Å². The first-order valence-corrected chi connectivity index (χ1v) is 6.27. The molecule has 6 nitrogen and oxygen atoms in total. The maximum Gasteiger partial charge on any atom is 0.311 e. The molecule has 2 rings (SSSR count). The average molecular weight is 291 g/mol. The Hall–Kier alpha value is -2.54. The molecule has 0 radical (unpaired) electrons. The predicted molar refractivity (Wildman–Crippen MR) is 74.8 cm³/mol. The summed E-state index contributed by atoms with van der Waals surface area (Å²) in [6, 6.07) is 6.50. The summed E-state index contributed by atoms with van der Waals surface area (Å²) in [6.07, 6.45) is 1.51. The van der Waals surface area contributed by atoms with Gasteiger partial charge < -0.3 is 10.1 Å². The standard InChI is InChI=1S/C14H14FN3O3/c1-9(16-2)11-4-3-7-17-14(11)21-13-8-10(15)5-6-12(13)18(19)20/h3-9,16H,1-2H3. The van der Waals surface area contributed by atoms with E-state index >= 15 is 0 Å². The molecule has 1 atom stereocenters. The van der Waals surface area contributed by atoms with Crippen LogP contribution in [-0.4, -0.2) is 17.0 Å². The summed E-state index contributed by atoms with van der Waals surface area (Å²) >= 11 is 0. The van der Waals surface area contributed by atoms with Gasteiger partial charge in [-0.25, -0.2) is 9.37 Å². The minimum Gasteiger partial charge on any atom is -0.431 e. The fourth-order valence-corrected chi connectivity index (χ4v) is 1.80. The van der Waals surface area contributed by atoms with Crippen molar-refractivity contribution in [3.05, 3.63) is 58.0 Å². The van der Waals surface area contributed by atoms with Crippen LogP contribution in [0, 0.1) is 15.9 Å². The molecule has 0 aliphatic heterocycles. The molecular weight excluding hydrogens is 277 g/mol. The Morgan fingerprint density at radius 2 is 2.19 bits per heavy atom. The molecule has 110 valence electrons. The van der Waals surface area contributed by atoms with Crippen LogP contribution in [0.25, 0.3) is 0 Å². The van der Waals surface area contributed by atoms with Gasteiger partial charge in [0.25, 0.3) is 0 Å². The van der Waals surface area contributed by atoms with E-state index < -0.39 is 10.7 Å². The Balaban J connectivity index is 2.43. The Morgan fingerprint density at radius 3 is 2.86 bits per heavy atom. The van der Waals surface area contributed by atoms with Crippen molar-refractivity contribution >= 4 is 5.69 Å². The third-order valence-electron chi connectivity index (χ3n) is 3.03. The smallest absolute Gasteiger partial charge is 0.311 e. The molecule has 0 spiro atoms. The van der Waals surface area contributed by atoms with Gasteiger partial charge in [-0.05, 0) is 26.1 Å². The first-order chi connectivity index (χ1) is 10.0. The molecule has 1 aromatic carbocycles. The highest BCUT2D eigenvalue weighted by Gasteiger charge is 2.19. The van der Waals surface area contributed by atoms with E-state index in [9.17, 15) is 14.5 Å². The number of hydrogen-bond acceptors (Lipinski definition) is 5. The number of halogens is 1. The van der Waals surface area contributed by atoms with Gasteiger partial charge in [0.15, 0.2) is 0 Å². The Labute approximate surface area is 120 Å². The van der Waals surface area contributed by atoms with Crippen LogP contribution in [0.15, 0.2) is 36.5 Å². The van der Waals surface area contributed by atoms with E-state index in [1.807, 2.05) is 6.92 Å². The molecule has 1 aromatic heterocycles. The molecular formula is C14H14FN3O3. The highest BCUT2D eigenvalue weighted by molar-refractivity contribution is 5.48. The molecule has 0 bridgehead atoms. The summed E-state index contributed by atoms with van der Waals surface area (Å²) in [4.78, 5) is 14.4. The number of nitro benzene ring substituents is 1. The van der Waals surface area contributed by atoms with E-state index in [4.69, 9.17) is 4.74 Å². The van der Waals surface area contributed by atoms with E-state index in [0.717, 1.165) is 23.8 Å². The number of nitrogens with zero attached hydrogens (tertiary/aromatic N) is 2. The molecule has 0 amide bonds. The van der Waals surface area contributed by atoms with Crippen molar-refractivity contribution in [2.75, 3.05) is 7.05 Å². The van der Waals surface area contributed by atoms with Crippen LogP contribution < -0.4 is 10.1 Å². The van der Waals surface area contributed by atoms with Gasteiger partial charge in [-0.15, -0.1) is 0 Å². The van der Waals surface area contributed by atoms with Gasteiger partial charge in [-0.3, -0.25) is 10.1 Å². The molecule has 0 saturated heterocycles. The number of pyridine rings is 1. The largest absolute Gasteiger partial charge is 0.431 e. The Morgan fingerprint density at radius 1 is 1.43 bits per heavy atom. The molecule has 1 heterocycles. The van der Waals surface area contributed by atoms with Crippen molar-refractivity contribution in [2.24, 2.45) is 0 Å². The third-order valence-corrected chi connectivity index (χ3v) is 3.03. The molecule has 1 N–H and O–H groups in total. The minimum atomic E-state index is -0.626. The van der Waals surface area contributed by atoms with Gasteiger partial charge >= 0.3 is 5.69 Å². The zero-order valence-corrected chi connectivity index (χ0v) is 11.5. The second-order valence-electron chi connectivity index (χ2n) is 4.38. The second kappa shape index (κ2) is 6.27. The van der Waals surface area contributed by atoms with Crippen molar-refractivity contribution in [3.63, 3.8) is 0 Å². The maximum atomic E-state index is 13.3. The lowest BCUT2D eigenvalue weighted by molar-refractivity contribution is -0.385. The number of rotatable bonds is 5. The zero-order valence-electron chi connectivity index (χ0n) is 11.5. The van der Waals surface area contributed by atoms with Crippen LogP contribution >= 0.6 is 0 Å². The first kappa shape index (κ1) is 14.9. The molecule has 0 aliphatic carbocycles. The van der Waals surface area contributed by atoms with Crippen LogP contribution in [0.2, 0.25) is 0 Å². The fraction of sp³-hybridized carbons (Fsp3) is 0.214. The number of aromatic nitrogens is 1. The Bertz CT molecular complexity index is 664. The molecule has 21 heavy (non-hydrogen) atoms. The van der Waals surface area contributed by atoms with Crippen LogP contribution in [0.5, 0.6) is 11.6 Å². The lowest BCUT2D eigenvalue weighted by Gasteiger charge is -2.14. The minimum absolute atomic E-state index is 0.0682. The zero-order chi connectivity index (χ0) is 15.4. The molecule has 1 unspecified atom stereocenters. The van der Waals surface area contributed by atoms with Gasteiger partial charge in [-0.2, -0.15) is 0 Å². The summed E-state index contributed by atoms with van der Waals surface area (Å²) in [7, 11) is 1.77. The van der Waals surface area contributed by atoms with Crippen LogP contribution in [0.3, 0.4) is 0 Å². The van der Waals surface area contributed by atoms with Gasteiger partial charge in [0.1, 0.15) is 5.82 Å². The van der Waals surface area contributed by atoms with Gasteiger partial charge in [0.05, 0.1) is 4.92 Å². The molecule has 2 aromatic rings. The van der Waals surface area contributed by atoms with Crippen LogP contribution in [0.4, 0.5) is 10.1 Å². The van der Waals surface area contributed by atoms with E-state index in [-0.39, 0.29) is 23.4 Å². The summed E-state index contributed by atoms with van der Waals surface area (Å²) in [6.45, 7) is 1.89. The van der Waals surface area contributed by atoms with E-state index in [1.54, 1.807) is 19.2 Å². The van der Waals surface area contributed by atoms with Crippen molar-refractivity contribution in [1.82, 2.24) is 10.3 Å². The number of hydrogen-bond donors (Lipinski definition) is 1. The molecule has 0 fully saturated rings. The normalized spacial score (nSPS) is 12.0. The second-order valence-corrected chi connectivity index (χ2v) is 4.38. The van der Waals surface area contributed by atoms with E-state index in [0.29, 0.717) is 0 Å². The van der Waals surface area contributed by atoms with Gasteiger partial charge in [0.2, 0.25) is 11.6 Å². The molecule has 0 saturated carbocycles. The van der Waals surface area contributed by atoms with Crippen molar-refractivity contribution in [1.29, 1.82) is 0 Å². The number of nitrogens with one attached hydrogen (secondary N) is 1. The molecule has 7 heteroatoms. The number of ether oxygens (including phenoxy) is 1. The number of nitro groups is 1. The predicted octanol–water partition coefficient (Wildman–Crippen LogP) is 3.20. The van der Waals surface area contributed by atoms with Crippen molar-refractivity contribution in [2.45, 2.75) is 13.0 Å². The third kappa shape index (κ3) is 3.32. The van der Waals surface area contributed by atoms with Crippen LogP contribution in [0.1, 0.15) is 18.5 Å². The quantitative estimate of drug-likeness (QED) is 0.676. The van der Waals surface area contributed by atoms with Crippen LogP contribution in [-0.2, 0) is 0 Å². The monoisotopic (exact) mass is 291 g/mol. The SMILES string of the molecule is CNC(C)c1cccnc1Oc1cc(F)ccc1[N+](=O)[O-]. The highest BCUT2D eigenvalue weighted by Crippen LogP contribution is 2.33. The van der Waals surface area contributed by atoms with E-state index in [1.165, 1.54) is 6.20 Å². The first-order valence-electron chi connectivity index (χ1n) is 6.27. The topological polar surface area (TPSA) is 77.3 Å². The fourth-order valence-electron chi connectivity index (χ4n) is 1.80. The summed E-state index contributed by atoms with van der Waals surface area (Å²) < 4.78 is 18.8. The van der Waals surface area contributed by atoms with Crippen molar-refractivity contribution in [3.8, 4) is 11.6 Å².